The fraction of sp³-hybridized carbons (Fsp3) is 0.0435. The van der Waals surface area contributed by atoms with Crippen LogP contribution in [-0.2, 0) is 4.84 Å². The Bertz CT molecular complexity index is 1170. The molecule has 0 saturated heterocycles. The topological polar surface area (TPSA) is 105 Å². The molecule has 8 nitrogen and oxygen atoms in total. The van der Waals surface area contributed by atoms with Gasteiger partial charge < -0.3 is 15.5 Å². The van der Waals surface area contributed by atoms with Crippen LogP contribution in [0.2, 0.25) is 0 Å². The summed E-state index contributed by atoms with van der Waals surface area (Å²) in [5, 5.41) is 5.80. The van der Waals surface area contributed by atoms with Gasteiger partial charge in [0, 0.05) is 11.4 Å². The standard InChI is InChI=1S/C23H17N3O5/c1-14-11-12-15(13-19(14)25-23(30)24-16-7-3-2-4-8-16)22(29)31-26-20(27)17-9-5-6-10-18(17)21(26)28/h2-13H,1H3,(H2,24,25,30). The summed E-state index contributed by atoms with van der Waals surface area (Å²) in [5.74, 6) is -2.32. The second-order valence-electron chi connectivity index (χ2n) is 6.80. The molecule has 0 aromatic heterocycles. The Labute approximate surface area is 177 Å². The Morgan fingerprint density at radius 1 is 0.806 bits per heavy atom. The third kappa shape index (κ3) is 3.99. The second-order valence-corrected chi connectivity index (χ2v) is 6.80. The number of rotatable bonds is 4. The van der Waals surface area contributed by atoms with Crippen LogP contribution in [-0.4, -0.2) is 28.9 Å². The van der Waals surface area contributed by atoms with Gasteiger partial charge in [0.2, 0.25) is 0 Å². The van der Waals surface area contributed by atoms with E-state index >= 15 is 0 Å². The average molecular weight is 415 g/mol. The molecule has 4 rings (SSSR count). The molecule has 1 heterocycles. The number of carbonyl (C=O) groups excluding carboxylic acids is 4. The van der Waals surface area contributed by atoms with E-state index in [1.54, 1.807) is 49.4 Å². The molecule has 2 N–H and O–H groups in total. The monoisotopic (exact) mass is 415 g/mol. The van der Waals surface area contributed by atoms with Crippen LogP contribution < -0.4 is 10.6 Å². The maximum Gasteiger partial charge on any atom is 0.364 e. The van der Waals surface area contributed by atoms with Crippen molar-refractivity contribution in [2.75, 3.05) is 10.6 Å². The molecule has 1 aliphatic rings. The lowest BCUT2D eigenvalue weighted by Crippen LogP contribution is -2.32. The van der Waals surface area contributed by atoms with Crippen molar-refractivity contribution in [3.8, 4) is 0 Å². The van der Waals surface area contributed by atoms with Crippen molar-refractivity contribution in [3.63, 3.8) is 0 Å². The number of imide groups is 1. The zero-order chi connectivity index (χ0) is 22.0. The van der Waals surface area contributed by atoms with Crippen molar-refractivity contribution in [1.82, 2.24) is 5.06 Å². The molecule has 0 atom stereocenters. The number of fused-ring (bicyclic) bond motifs is 1. The van der Waals surface area contributed by atoms with Gasteiger partial charge in [-0.2, -0.15) is 0 Å². The number of nitrogens with zero attached hydrogens (tertiary/aromatic N) is 1. The highest BCUT2D eigenvalue weighted by molar-refractivity contribution is 6.21. The van der Waals surface area contributed by atoms with Gasteiger partial charge in [0.05, 0.1) is 16.7 Å². The highest BCUT2D eigenvalue weighted by atomic mass is 16.7. The Morgan fingerprint density at radius 3 is 2.06 bits per heavy atom. The molecule has 3 aromatic rings. The summed E-state index contributed by atoms with van der Waals surface area (Å²) in [5.41, 5.74) is 2.11. The van der Waals surface area contributed by atoms with E-state index in [1.165, 1.54) is 24.3 Å². The lowest BCUT2D eigenvalue weighted by atomic mass is 10.1. The molecular weight excluding hydrogens is 398 g/mol. The van der Waals surface area contributed by atoms with Crippen molar-refractivity contribution in [2.24, 2.45) is 0 Å². The van der Waals surface area contributed by atoms with Crippen LogP contribution in [0.25, 0.3) is 0 Å². The summed E-state index contributed by atoms with van der Waals surface area (Å²) < 4.78 is 0. The van der Waals surface area contributed by atoms with E-state index in [0.717, 1.165) is 0 Å². The molecule has 0 aliphatic carbocycles. The van der Waals surface area contributed by atoms with Gasteiger partial charge in [0.1, 0.15) is 0 Å². The first-order valence-electron chi connectivity index (χ1n) is 9.38. The summed E-state index contributed by atoms with van der Waals surface area (Å²) in [7, 11) is 0. The van der Waals surface area contributed by atoms with E-state index in [9.17, 15) is 19.2 Å². The van der Waals surface area contributed by atoms with E-state index in [-0.39, 0.29) is 16.7 Å². The van der Waals surface area contributed by atoms with Crippen LogP contribution in [0.4, 0.5) is 16.2 Å². The van der Waals surface area contributed by atoms with Crippen LogP contribution in [0.15, 0.2) is 72.8 Å². The second kappa shape index (κ2) is 8.11. The molecule has 4 amide bonds. The molecule has 0 saturated carbocycles. The van der Waals surface area contributed by atoms with Crippen LogP contribution in [0, 0.1) is 6.92 Å². The number of hydroxylamine groups is 2. The van der Waals surface area contributed by atoms with Crippen LogP contribution >= 0.6 is 0 Å². The van der Waals surface area contributed by atoms with Crippen molar-refractivity contribution in [2.45, 2.75) is 6.92 Å². The van der Waals surface area contributed by atoms with E-state index in [1.807, 2.05) is 6.07 Å². The van der Waals surface area contributed by atoms with Gasteiger partial charge in [-0.3, -0.25) is 9.59 Å². The van der Waals surface area contributed by atoms with Gasteiger partial charge in [-0.25, -0.2) is 9.59 Å². The summed E-state index contributed by atoms with van der Waals surface area (Å²) in [4.78, 5) is 54.7. The third-order valence-electron chi connectivity index (χ3n) is 4.68. The van der Waals surface area contributed by atoms with Gasteiger partial charge >= 0.3 is 12.0 Å². The molecule has 8 heteroatoms. The molecule has 1 aliphatic heterocycles. The van der Waals surface area contributed by atoms with Gasteiger partial charge in [0.25, 0.3) is 11.8 Å². The number of para-hydroxylation sites is 1. The van der Waals surface area contributed by atoms with E-state index in [4.69, 9.17) is 4.84 Å². The van der Waals surface area contributed by atoms with E-state index < -0.39 is 23.8 Å². The minimum atomic E-state index is -0.902. The molecule has 0 unspecified atom stereocenters. The Hall–Kier alpha value is -4.46. The normalized spacial score (nSPS) is 12.4. The van der Waals surface area contributed by atoms with Gasteiger partial charge in [-0.1, -0.05) is 41.5 Å². The first-order chi connectivity index (χ1) is 14.9. The lowest BCUT2D eigenvalue weighted by Gasteiger charge is -2.14. The lowest BCUT2D eigenvalue weighted by molar-refractivity contribution is -0.0584. The smallest absolute Gasteiger partial charge is 0.324 e. The number of hydrogen-bond donors (Lipinski definition) is 2. The van der Waals surface area contributed by atoms with Crippen molar-refractivity contribution >= 4 is 35.2 Å². The summed E-state index contributed by atoms with van der Waals surface area (Å²) in [6.07, 6.45) is 0. The zero-order valence-electron chi connectivity index (χ0n) is 16.4. The molecular formula is C23H17N3O5. The predicted octanol–water partition coefficient (Wildman–Crippen LogP) is 4.01. The Balaban J connectivity index is 1.48. The highest BCUT2D eigenvalue weighted by Crippen LogP contribution is 2.24. The van der Waals surface area contributed by atoms with Crippen LogP contribution in [0.1, 0.15) is 36.6 Å². The number of aryl methyl sites for hydroxylation is 1. The first kappa shape index (κ1) is 19.8. The number of nitrogens with one attached hydrogen (secondary N) is 2. The molecule has 31 heavy (non-hydrogen) atoms. The maximum atomic E-state index is 12.6. The number of amides is 4. The van der Waals surface area contributed by atoms with E-state index in [0.29, 0.717) is 22.0 Å². The fourth-order valence-electron chi connectivity index (χ4n) is 3.08. The molecule has 3 aromatic carbocycles. The highest BCUT2D eigenvalue weighted by Gasteiger charge is 2.38. The Morgan fingerprint density at radius 2 is 1.42 bits per heavy atom. The van der Waals surface area contributed by atoms with Crippen molar-refractivity contribution in [3.05, 3.63) is 95.1 Å². The minimum absolute atomic E-state index is 0.0668. The zero-order valence-corrected chi connectivity index (χ0v) is 16.4. The number of hydrogen-bond acceptors (Lipinski definition) is 5. The number of urea groups is 1. The predicted molar refractivity (Wildman–Crippen MR) is 113 cm³/mol. The summed E-state index contributed by atoms with van der Waals surface area (Å²) >= 11 is 0. The molecule has 154 valence electrons. The van der Waals surface area contributed by atoms with Crippen LogP contribution in [0.3, 0.4) is 0 Å². The summed E-state index contributed by atoms with van der Waals surface area (Å²) in [6.45, 7) is 1.76. The minimum Gasteiger partial charge on any atom is -0.324 e. The largest absolute Gasteiger partial charge is 0.364 e. The SMILES string of the molecule is Cc1ccc(C(=O)ON2C(=O)c3ccccc3C2=O)cc1NC(=O)Nc1ccccc1. The molecule has 0 radical (unpaired) electrons. The molecule has 0 fully saturated rings. The number of carbonyl (C=O) groups is 4. The van der Waals surface area contributed by atoms with Gasteiger partial charge in [-0.15, -0.1) is 0 Å². The average Bonchev–Trinajstić information content (AvgIpc) is 3.01. The quantitative estimate of drug-likeness (QED) is 0.627. The third-order valence-corrected chi connectivity index (χ3v) is 4.68. The summed E-state index contributed by atoms with van der Waals surface area (Å²) in [6, 6.07) is 19.1. The fourth-order valence-corrected chi connectivity index (χ4v) is 3.08. The molecule has 0 bridgehead atoms. The first-order valence-corrected chi connectivity index (χ1v) is 9.38. The Kier molecular flexibility index (Phi) is 5.19. The van der Waals surface area contributed by atoms with Crippen LogP contribution in [0.5, 0.6) is 0 Å². The van der Waals surface area contributed by atoms with Gasteiger partial charge in [0.15, 0.2) is 0 Å². The van der Waals surface area contributed by atoms with Gasteiger partial charge in [-0.05, 0) is 48.9 Å². The number of benzene rings is 3. The molecule has 0 spiro atoms. The maximum absolute atomic E-state index is 12.6. The number of anilines is 2. The van der Waals surface area contributed by atoms with E-state index in [2.05, 4.69) is 10.6 Å². The van der Waals surface area contributed by atoms with Crippen molar-refractivity contribution < 1.29 is 24.0 Å². The van der Waals surface area contributed by atoms with Crippen molar-refractivity contribution in [1.29, 1.82) is 0 Å².